The molecular formula is C19H24N2O7S. The lowest BCUT2D eigenvalue weighted by molar-refractivity contribution is 0.0953. The van der Waals surface area contributed by atoms with Gasteiger partial charge in [0.2, 0.25) is 15.8 Å². The Labute approximate surface area is 170 Å². The van der Waals surface area contributed by atoms with Crippen LogP contribution in [-0.4, -0.2) is 55.9 Å². The van der Waals surface area contributed by atoms with Gasteiger partial charge in [-0.05, 0) is 36.4 Å². The Balaban J connectivity index is 1.97. The third-order valence-corrected chi connectivity index (χ3v) is 5.48. The highest BCUT2D eigenvalue weighted by atomic mass is 32.2. The molecule has 2 rings (SSSR count). The molecule has 0 saturated carbocycles. The highest BCUT2D eigenvalue weighted by molar-refractivity contribution is 7.89. The van der Waals surface area contributed by atoms with Gasteiger partial charge in [-0.1, -0.05) is 0 Å². The molecule has 10 heteroatoms. The molecule has 9 nitrogen and oxygen atoms in total. The predicted octanol–water partition coefficient (Wildman–Crippen LogP) is 1.43. The van der Waals surface area contributed by atoms with E-state index in [4.69, 9.17) is 18.9 Å². The molecule has 1 amide bonds. The molecule has 0 fully saturated rings. The Morgan fingerprint density at radius 3 is 1.93 bits per heavy atom. The lowest BCUT2D eigenvalue weighted by atomic mass is 10.1. The number of sulfonamides is 1. The van der Waals surface area contributed by atoms with E-state index < -0.39 is 15.9 Å². The van der Waals surface area contributed by atoms with E-state index in [0.717, 1.165) is 0 Å². The van der Waals surface area contributed by atoms with E-state index in [1.165, 1.54) is 52.7 Å². The molecule has 29 heavy (non-hydrogen) atoms. The van der Waals surface area contributed by atoms with E-state index in [-0.39, 0.29) is 23.5 Å². The molecule has 0 heterocycles. The van der Waals surface area contributed by atoms with Crippen LogP contribution in [0.2, 0.25) is 0 Å². The van der Waals surface area contributed by atoms with Gasteiger partial charge in [-0.2, -0.15) is 0 Å². The molecule has 0 aliphatic carbocycles. The first kappa shape index (κ1) is 22.3. The van der Waals surface area contributed by atoms with Crippen LogP contribution < -0.4 is 29.0 Å². The van der Waals surface area contributed by atoms with Gasteiger partial charge in [-0.25, -0.2) is 13.1 Å². The molecule has 2 N–H and O–H groups in total. The van der Waals surface area contributed by atoms with Crippen molar-refractivity contribution in [3.63, 3.8) is 0 Å². The number of amides is 1. The zero-order chi connectivity index (χ0) is 21.4. The van der Waals surface area contributed by atoms with Crippen molar-refractivity contribution in [1.29, 1.82) is 0 Å². The summed E-state index contributed by atoms with van der Waals surface area (Å²) in [6, 6.07) is 9.02. The van der Waals surface area contributed by atoms with Gasteiger partial charge in [0.1, 0.15) is 5.75 Å². The molecule has 0 aromatic heterocycles. The normalized spacial score (nSPS) is 10.9. The second kappa shape index (κ2) is 9.99. The Bertz CT molecular complexity index is 919. The third-order valence-electron chi connectivity index (χ3n) is 4.00. The fourth-order valence-electron chi connectivity index (χ4n) is 2.51. The Kier molecular flexibility index (Phi) is 7.68. The van der Waals surface area contributed by atoms with Crippen molar-refractivity contribution in [2.24, 2.45) is 0 Å². The maximum absolute atomic E-state index is 12.4. The number of benzene rings is 2. The van der Waals surface area contributed by atoms with Gasteiger partial charge in [0.25, 0.3) is 5.91 Å². The Morgan fingerprint density at radius 1 is 0.862 bits per heavy atom. The number of carbonyl (C=O) groups is 1. The van der Waals surface area contributed by atoms with Crippen LogP contribution in [0.3, 0.4) is 0 Å². The molecule has 0 aliphatic rings. The van der Waals surface area contributed by atoms with Crippen molar-refractivity contribution in [2.45, 2.75) is 4.90 Å². The second-order valence-electron chi connectivity index (χ2n) is 5.74. The van der Waals surface area contributed by atoms with Gasteiger partial charge in [0.05, 0.1) is 33.3 Å². The molecule has 0 spiro atoms. The van der Waals surface area contributed by atoms with Crippen LogP contribution in [0.15, 0.2) is 41.3 Å². The molecular weight excluding hydrogens is 400 g/mol. The maximum atomic E-state index is 12.4. The fourth-order valence-corrected chi connectivity index (χ4v) is 3.55. The average Bonchev–Trinajstić information content (AvgIpc) is 2.75. The van der Waals surface area contributed by atoms with Crippen molar-refractivity contribution in [3.8, 4) is 23.0 Å². The van der Waals surface area contributed by atoms with E-state index in [2.05, 4.69) is 10.0 Å². The van der Waals surface area contributed by atoms with E-state index >= 15 is 0 Å². The van der Waals surface area contributed by atoms with Crippen LogP contribution in [0, 0.1) is 0 Å². The smallest absolute Gasteiger partial charge is 0.251 e. The minimum absolute atomic E-state index is 0.0184. The van der Waals surface area contributed by atoms with Crippen LogP contribution in [0.25, 0.3) is 0 Å². The fraction of sp³-hybridized carbons (Fsp3) is 0.316. The number of hydrogen-bond acceptors (Lipinski definition) is 7. The van der Waals surface area contributed by atoms with Crippen LogP contribution in [-0.2, 0) is 10.0 Å². The molecule has 0 aliphatic heterocycles. The SMILES string of the molecule is COc1ccc(S(=O)(=O)NCCNC(=O)c2cc(OC)c(OC)c(OC)c2)cc1. The monoisotopic (exact) mass is 424 g/mol. The number of carbonyl (C=O) groups excluding carboxylic acids is 1. The second-order valence-corrected chi connectivity index (χ2v) is 7.51. The number of nitrogens with one attached hydrogen (secondary N) is 2. The summed E-state index contributed by atoms with van der Waals surface area (Å²) in [5, 5.41) is 2.64. The third kappa shape index (κ3) is 5.52. The highest BCUT2D eigenvalue weighted by Crippen LogP contribution is 2.38. The summed E-state index contributed by atoms with van der Waals surface area (Å²) in [6.07, 6.45) is 0. The van der Waals surface area contributed by atoms with E-state index in [1.807, 2.05) is 0 Å². The van der Waals surface area contributed by atoms with Gasteiger partial charge in [-0.3, -0.25) is 4.79 Å². The molecule has 0 atom stereocenters. The number of methoxy groups -OCH3 is 4. The summed E-state index contributed by atoms with van der Waals surface area (Å²) in [6.45, 7) is 0.107. The topological polar surface area (TPSA) is 112 Å². The average molecular weight is 424 g/mol. The zero-order valence-electron chi connectivity index (χ0n) is 16.6. The highest BCUT2D eigenvalue weighted by Gasteiger charge is 2.17. The molecule has 2 aromatic rings. The molecule has 0 saturated heterocycles. The van der Waals surface area contributed by atoms with Gasteiger partial charge < -0.3 is 24.3 Å². The van der Waals surface area contributed by atoms with Crippen LogP contribution in [0.5, 0.6) is 23.0 Å². The van der Waals surface area contributed by atoms with E-state index in [1.54, 1.807) is 12.1 Å². The molecule has 0 unspecified atom stereocenters. The maximum Gasteiger partial charge on any atom is 0.251 e. The summed E-state index contributed by atoms with van der Waals surface area (Å²) >= 11 is 0. The predicted molar refractivity (Wildman–Crippen MR) is 107 cm³/mol. The summed E-state index contributed by atoms with van der Waals surface area (Å²) < 4.78 is 47.6. The summed E-state index contributed by atoms with van der Waals surface area (Å²) in [5.41, 5.74) is 0.289. The van der Waals surface area contributed by atoms with Crippen molar-refractivity contribution < 1.29 is 32.2 Å². The number of ether oxygens (including phenoxy) is 4. The summed E-state index contributed by atoms with van der Waals surface area (Å²) in [4.78, 5) is 12.5. The number of rotatable bonds is 10. The van der Waals surface area contributed by atoms with Crippen molar-refractivity contribution in [1.82, 2.24) is 10.0 Å². The van der Waals surface area contributed by atoms with Gasteiger partial charge in [0, 0.05) is 18.7 Å². The summed E-state index contributed by atoms with van der Waals surface area (Å²) in [7, 11) is 2.18. The standard InChI is InChI=1S/C19H24N2O7S/c1-25-14-5-7-15(8-6-14)29(23,24)21-10-9-20-19(22)13-11-16(26-2)18(28-4)17(12-13)27-3/h5-8,11-12,21H,9-10H2,1-4H3,(H,20,22). The first-order chi connectivity index (χ1) is 13.9. The van der Waals surface area contributed by atoms with Crippen LogP contribution in [0.4, 0.5) is 0 Å². The van der Waals surface area contributed by atoms with Crippen molar-refractivity contribution in [2.75, 3.05) is 41.5 Å². The molecule has 0 bridgehead atoms. The summed E-state index contributed by atoms with van der Waals surface area (Å²) in [5.74, 6) is 1.21. The Hall–Kier alpha value is -2.98. The van der Waals surface area contributed by atoms with Crippen LogP contribution in [0.1, 0.15) is 10.4 Å². The minimum Gasteiger partial charge on any atom is -0.497 e. The van der Waals surface area contributed by atoms with E-state index in [9.17, 15) is 13.2 Å². The largest absolute Gasteiger partial charge is 0.497 e. The first-order valence-corrected chi connectivity index (χ1v) is 10.1. The number of hydrogen-bond donors (Lipinski definition) is 2. The van der Waals surface area contributed by atoms with E-state index in [0.29, 0.717) is 23.0 Å². The molecule has 158 valence electrons. The van der Waals surface area contributed by atoms with Crippen molar-refractivity contribution in [3.05, 3.63) is 42.0 Å². The molecule has 2 aromatic carbocycles. The van der Waals surface area contributed by atoms with Crippen molar-refractivity contribution >= 4 is 15.9 Å². The van der Waals surface area contributed by atoms with Gasteiger partial charge in [0.15, 0.2) is 11.5 Å². The van der Waals surface area contributed by atoms with Gasteiger partial charge in [-0.15, -0.1) is 0 Å². The quantitative estimate of drug-likeness (QED) is 0.555. The van der Waals surface area contributed by atoms with Crippen LogP contribution >= 0.6 is 0 Å². The lowest BCUT2D eigenvalue weighted by Crippen LogP contribution is -2.34. The van der Waals surface area contributed by atoms with Gasteiger partial charge >= 0.3 is 0 Å². The zero-order valence-corrected chi connectivity index (χ0v) is 17.5. The lowest BCUT2D eigenvalue weighted by Gasteiger charge is -2.14. The minimum atomic E-state index is -3.69. The molecule has 0 radical (unpaired) electrons. The first-order valence-electron chi connectivity index (χ1n) is 8.58. The Morgan fingerprint density at radius 2 is 1.45 bits per heavy atom.